The normalized spacial score (nSPS) is 11.2. The summed E-state index contributed by atoms with van der Waals surface area (Å²) < 4.78 is 26.8. The zero-order valence-corrected chi connectivity index (χ0v) is 19.7. The van der Waals surface area contributed by atoms with Crippen LogP contribution in [0.5, 0.6) is 28.7 Å². The monoisotopic (exact) mass is 462 g/mol. The van der Waals surface area contributed by atoms with Crippen LogP contribution < -0.4 is 23.7 Å². The molecule has 3 aromatic carbocycles. The lowest BCUT2D eigenvalue weighted by Crippen LogP contribution is -2.11. The van der Waals surface area contributed by atoms with E-state index >= 15 is 0 Å². The zero-order chi connectivity index (χ0) is 24.7. The van der Waals surface area contributed by atoms with Gasteiger partial charge in [0.25, 0.3) is 6.47 Å². The molecule has 0 spiro atoms. The fraction of sp³-hybridized carbons (Fsp3) is 0.185. The van der Waals surface area contributed by atoms with Gasteiger partial charge in [-0.15, -0.1) is 0 Å². The summed E-state index contributed by atoms with van der Waals surface area (Å²) in [7, 11) is 4.67. The van der Waals surface area contributed by atoms with Gasteiger partial charge < -0.3 is 23.7 Å². The topological polar surface area (TPSA) is 80.3 Å². The number of carbonyl (C=O) groups excluding carboxylic acids is 2. The summed E-state index contributed by atoms with van der Waals surface area (Å²) in [5.74, 6) is 1.79. The van der Waals surface area contributed by atoms with Crippen molar-refractivity contribution < 1.29 is 33.3 Å². The first-order chi connectivity index (χ1) is 16.4. The van der Waals surface area contributed by atoms with Crippen molar-refractivity contribution in [2.75, 3.05) is 21.3 Å². The lowest BCUT2D eigenvalue weighted by Gasteiger charge is -2.16. The smallest absolute Gasteiger partial charge is 0.339 e. The molecule has 34 heavy (non-hydrogen) atoms. The van der Waals surface area contributed by atoms with Gasteiger partial charge in [-0.05, 0) is 60.9 Å². The Bertz CT molecular complexity index is 1190. The SMILES string of the molecule is COc1ccc(-c2cc(OC)c(OC(=O)/C(C)=C(\C)c3ccc(OC=O)cc3)cc2OC)cc1. The lowest BCUT2D eigenvalue weighted by molar-refractivity contribution is -0.130. The van der Waals surface area contributed by atoms with Crippen molar-refractivity contribution in [2.24, 2.45) is 0 Å². The maximum atomic E-state index is 12.9. The molecule has 0 fully saturated rings. The lowest BCUT2D eigenvalue weighted by atomic mass is 10.0. The summed E-state index contributed by atoms with van der Waals surface area (Å²) in [6.07, 6.45) is 0. The average molecular weight is 462 g/mol. The van der Waals surface area contributed by atoms with Crippen LogP contribution in [0, 0.1) is 0 Å². The summed E-state index contributed by atoms with van der Waals surface area (Å²) in [5.41, 5.74) is 3.62. The number of methoxy groups -OCH3 is 3. The molecular weight excluding hydrogens is 436 g/mol. The Hall–Kier alpha value is -4.26. The molecule has 0 bridgehead atoms. The van der Waals surface area contributed by atoms with E-state index in [1.54, 1.807) is 57.5 Å². The fourth-order valence-corrected chi connectivity index (χ4v) is 3.33. The molecule has 0 aliphatic carbocycles. The molecule has 0 saturated heterocycles. The number of esters is 1. The van der Waals surface area contributed by atoms with Crippen LogP contribution in [-0.4, -0.2) is 33.8 Å². The largest absolute Gasteiger partial charge is 0.497 e. The van der Waals surface area contributed by atoms with Crippen LogP contribution in [0.3, 0.4) is 0 Å². The molecule has 176 valence electrons. The molecule has 3 aromatic rings. The van der Waals surface area contributed by atoms with E-state index in [1.165, 1.54) is 7.11 Å². The second kappa shape index (κ2) is 11.0. The van der Waals surface area contributed by atoms with E-state index in [2.05, 4.69) is 0 Å². The van der Waals surface area contributed by atoms with Crippen molar-refractivity contribution in [1.82, 2.24) is 0 Å². The molecular formula is C27H26O7. The van der Waals surface area contributed by atoms with E-state index in [1.807, 2.05) is 31.2 Å². The van der Waals surface area contributed by atoms with Crippen molar-refractivity contribution in [3.8, 4) is 39.9 Å². The highest BCUT2D eigenvalue weighted by atomic mass is 16.6. The molecule has 0 amide bonds. The van der Waals surface area contributed by atoms with Crippen LogP contribution in [0.1, 0.15) is 19.4 Å². The van der Waals surface area contributed by atoms with E-state index < -0.39 is 5.97 Å². The quantitative estimate of drug-likeness (QED) is 0.184. The number of benzene rings is 3. The Morgan fingerprint density at radius 1 is 0.735 bits per heavy atom. The van der Waals surface area contributed by atoms with E-state index in [0.717, 1.165) is 28.0 Å². The molecule has 0 radical (unpaired) electrons. The third kappa shape index (κ3) is 5.38. The van der Waals surface area contributed by atoms with E-state index in [9.17, 15) is 9.59 Å². The molecule has 0 aromatic heterocycles. The Labute approximate surface area is 198 Å². The number of rotatable bonds is 9. The Morgan fingerprint density at radius 2 is 1.35 bits per heavy atom. The average Bonchev–Trinajstić information content (AvgIpc) is 2.88. The predicted molar refractivity (Wildman–Crippen MR) is 129 cm³/mol. The molecule has 3 rings (SSSR count). The van der Waals surface area contributed by atoms with Gasteiger partial charge in [0, 0.05) is 17.2 Å². The summed E-state index contributed by atoms with van der Waals surface area (Å²) in [5, 5.41) is 0. The standard InChI is InChI=1S/C27H26O7/c1-17(19-6-12-22(13-7-19)33-16-28)18(2)27(29)34-26-15-24(31-4)23(14-25(26)32-5)20-8-10-21(30-3)11-9-20/h6-16H,1-5H3/b18-17+. The van der Waals surface area contributed by atoms with Crippen LogP contribution in [0.4, 0.5) is 0 Å². The summed E-state index contributed by atoms with van der Waals surface area (Å²) in [6, 6.07) is 17.7. The van der Waals surface area contributed by atoms with Crippen LogP contribution in [0.15, 0.2) is 66.2 Å². The summed E-state index contributed by atoms with van der Waals surface area (Å²) in [4.78, 5) is 23.4. The first-order valence-electron chi connectivity index (χ1n) is 10.4. The number of hydrogen-bond acceptors (Lipinski definition) is 7. The van der Waals surface area contributed by atoms with Gasteiger partial charge in [0.05, 0.1) is 21.3 Å². The number of allylic oxidation sites excluding steroid dienone is 1. The fourth-order valence-electron chi connectivity index (χ4n) is 3.33. The highest BCUT2D eigenvalue weighted by molar-refractivity contribution is 5.98. The maximum Gasteiger partial charge on any atom is 0.339 e. The van der Waals surface area contributed by atoms with Crippen LogP contribution in [-0.2, 0) is 9.59 Å². The van der Waals surface area contributed by atoms with Crippen molar-refractivity contribution >= 4 is 18.0 Å². The Morgan fingerprint density at radius 3 is 1.91 bits per heavy atom. The Balaban J connectivity index is 1.90. The van der Waals surface area contributed by atoms with Gasteiger partial charge in [0.15, 0.2) is 11.5 Å². The molecule has 0 atom stereocenters. The van der Waals surface area contributed by atoms with Crippen LogP contribution in [0.25, 0.3) is 16.7 Å². The maximum absolute atomic E-state index is 12.9. The number of hydrogen-bond donors (Lipinski definition) is 0. The molecule has 7 heteroatoms. The van der Waals surface area contributed by atoms with Gasteiger partial charge in [-0.25, -0.2) is 4.79 Å². The third-order valence-electron chi connectivity index (χ3n) is 5.43. The van der Waals surface area contributed by atoms with Gasteiger partial charge in [-0.2, -0.15) is 0 Å². The van der Waals surface area contributed by atoms with Gasteiger partial charge >= 0.3 is 5.97 Å². The predicted octanol–water partition coefficient (Wildman–Crippen LogP) is 5.31. The van der Waals surface area contributed by atoms with Crippen molar-refractivity contribution in [1.29, 1.82) is 0 Å². The molecule has 0 saturated carbocycles. The molecule has 0 heterocycles. The Kier molecular flexibility index (Phi) is 7.92. The van der Waals surface area contributed by atoms with Crippen molar-refractivity contribution in [2.45, 2.75) is 13.8 Å². The second-order valence-electron chi connectivity index (χ2n) is 7.31. The highest BCUT2D eigenvalue weighted by Crippen LogP contribution is 2.41. The van der Waals surface area contributed by atoms with E-state index in [0.29, 0.717) is 29.3 Å². The van der Waals surface area contributed by atoms with Crippen molar-refractivity contribution in [3.63, 3.8) is 0 Å². The molecule has 0 unspecified atom stereocenters. The van der Waals surface area contributed by atoms with Gasteiger partial charge in [-0.1, -0.05) is 24.3 Å². The minimum Gasteiger partial charge on any atom is -0.497 e. The molecule has 0 aliphatic rings. The molecule has 0 N–H and O–H groups in total. The van der Waals surface area contributed by atoms with E-state index in [4.69, 9.17) is 23.7 Å². The van der Waals surface area contributed by atoms with E-state index in [-0.39, 0.29) is 5.75 Å². The first-order valence-corrected chi connectivity index (χ1v) is 10.4. The summed E-state index contributed by atoms with van der Waals surface area (Å²) >= 11 is 0. The minimum absolute atomic E-state index is 0.239. The molecule has 7 nitrogen and oxygen atoms in total. The number of ether oxygens (including phenoxy) is 5. The number of carbonyl (C=O) groups is 2. The zero-order valence-electron chi connectivity index (χ0n) is 19.7. The van der Waals surface area contributed by atoms with Gasteiger partial charge in [-0.3, -0.25) is 4.79 Å². The first kappa shape index (κ1) is 24.4. The second-order valence-corrected chi connectivity index (χ2v) is 7.31. The van der Waals surface area contributed by atoms with Crippen LogP contribution in [0.2, 0.25) is 0 Å². The van der Waals surface area contributed by atoms with Gasteiger partial charge in [0.2, 0.25) is 0 Å². The van der Waals surface area contributed by atoms with Gasteiger partial charge in [0.1, 0.15) is 17.2 Å². The van der Waals surface area contributed by atoms with Crippen LogP contribution >= 0.6 is 0 Å². The van der Waals surface area contributed by atoms with Crippen molar-refractivity contribution in [3.05, 3.63) is 71.8 Å². The highest BCUT2D eigenvalue weighted by Gasteiger charge is 2.19. The summed E-state index contributed by atoms with van der Waals surface area (Å²) in [6.45, 7) is 3.86. The third-order valence-corrected chi connectivity index (χ3v) is 5.43. The molecule has 0 aliphatic heterocycles. The minimum atomic E-state index is -0.525.